The molecule has 1 aliphatic heterocycles. The Morgan fingerprint density at radius 2 is 2.44 bits per heavy atom. The fourth-order valence-electron chi connectivity index (χ4n) is 2.12. The first-order valence-electron chi connectivity index (χ1n) is 6.13. The molecule has 0 aromatic carbocycles. The van der Waals surface area contributed by atoms with Gasteiger partial charge in [-0.3, -0.25) is 0 Å². The van der Waals surface area contributed by atoms with Crippen molar-refractivity contribution in [1.82, 2.24) is 5.32 Å². The Bertz CT molecular complexity index is 407. The maximum Gasteiger partial charge on any atom is 0.341 e. The fourth-order valence-corrected chi connectivity index (χ4v) is 2.12. The molecule has 0 aliphatic carbocycles. The van der Waals surface area contributed by atoms with Crippen molar-refractivity contribution >= 4 is 5.97 Å². The van der Waals surface area contributed by atoms with Crippen LogP contribution in [-0.4, -0.2) is 31.8 Å². The van der Waals surface area contributed by atoms with E-state index < -0.39 is 0 Å². The van der Waals surface area contributed by atoms with Crippen LogP contribution in [0, 0.1) is 0 Å². The van der Waals surface area contributed by atoms with E-state index in [1.807, 2.05) is 0 Å². The zero-order valence-electron chi connectivity index (χ0n) is 10.8. The van der Waals surface area contributed by atoms with Crippen LogP contribution in [0.15, 0.2) is 16.7 Å². The monoisotopic (exact) mass is 253 g/mol. The minimum absolute atomic E-state index is 0.0717. The molecule has 5 nitrogen and oxygen atoms in total. The second-order valence-corrected chi connectivity index (χ2v) is 4.80. The number of nitrogens with one attached hydrogen (secondary N) is 1. The third-order valence-electron chi connectivity index (χ3n) is 3.17. The molecular formula is C13H19NO4. The minimum atomic E-state index is -0.379. The van der Waals surface area contributed by atoms with Gasteiger partial charge < -0.3 is 19.2 Å². The first kappa shape index (κ1) is 13.1. The Labute approximate surface area is 106 Å². The van der Waals surface area contributed by atoms with Crippen molar-refractivity contribution in [3.05, 3.63) is 23.7 Å². The molecule has 1 aliphatic rings. The Hall–Kier alpha value is -1.33. The average Bonchev–Trinajstić information content (AvgIpc) is 2.98. The average molecular weight is 253 g/mol. The third kappa shape index (κ3) is 3.11. The number of methoxy groups -OCH3 is 1. The lowest BCUT2D eigenvalue weighted by atomic mass is 10.0. The molecule has 1 N–H and O–H groups in total. The smallest absolute Gasteiger partial charge is 0.341 e. The molecule has 0 amide bonds. The van der Waals surface area contributed by atoms with Gasteiger partial charge in [-0.2, -0.15) is 0 Å². The van der Waals surface area contributed by atoms with Gasteiger partial charge in [0.1, 0.15) is 12.0 Å². The molecule has 0 spiro atoms. The van der Waals surface area contributed by atoms with E-state index in [1.165, 1.54) is 13.4 Å². The Kier molecular flexibility index (Phi) is 4.04. The Balaban J connectivity index is 1.80. The molecule has 0 saturated carbocycles. The first-order valence-corrected chi connectivity index (χ1v) is 6.13. The summed E-state index contributed by atoms with van der Waals surface area (Å²) in [6, 6.07) is 1.69. The number of furan rings is 1. The van der Waals surface area contributed by atoms with E-state index in [9.17, 15) is 4.79 Å². The van der Waals surface area contributed by atoms with Gasteiger partial charge in [0.2, 0.25) is 0 Å². The summed E-state index contributed by atoms with van der Waals surface area (Å²) in [5.74, 6) is 0.341. The van der Waals surface area contributed by atoms with E-state index >= 15 is 0 Å². The molecular weight excluding hydrogens is 234 g/mol. The highest BCUT2D eigenvalue weighted by Gasteiger charge is 2.29. The van der Waals surface area contributed by atoms with Gasteiger partial charge in [0.25, 0.3) is 0 Å². The summed E-state index contributed by atoms with van der Waals surface area (Å²) in [7, 11) is 1.35. The van der Waals surface area contributed by atoms with Gasteiger partial charge in [-0.15, -0.1) is 0 Å². The van der Waals surface area contributed by atoms with Gasteiger partial charge >= 0.3 is 5.97 Å². The Morgan fingerprint density at radius 1 is 1.61 bits per heavy atom. The van der Waals surface area contributed by atoms with Crippen LogP contribution in [-0.2, 0) is 16.0 Å². The second-order valence-electron chi connectivity index (χ2n) is 4.80. The Morgan fingerprint density at radius 3 is 3.11 bits per heavy atom. The number of carbonyl (C=O) groups is 1. The number of carbonyl (C=O) groups excluding carboxylic acids is 1. The molecule has 1 aromatic heterocycles. The molecule has 0 bridgehead atoms. The molecule has 100 valence electrons. The molecule has 2 rings (SSSR count). The van der Waals surface area contributed by atoms with Gasteiger partial charge in [-0.05, 0) is 25.8 Å². The standard InChI is InChI=1S/C13H19NO4/c1-13(4-3-5-18-13)9-14-7-11-6-10(8-17-11)12(15)16-2/h6,8,14H,3-5,7,9H2,1-2H3. The number of esters is 1. The van der Waals surface area contributed by atoms with Crippen LogP contribution in [0.5, 0.6) is 0 Å². The van der Waals surface area contributed by atoms with Crippen LogP contribution in [0.4, 0.5) is 0 Å². The molecule has 5 heteroatoms. The van der Waals surface area contributed by atoms with Crippen LogP contribution in [0.2, 0.25) is 0 Å². The summed E-state index contributed by atoms with van der Waals surface area (Å²) in [5, 5.41) is 3.28. The summed E-state index contributed by atoms with van der Waals surface area (Å²) in [4.78, 5) is 11.2. The maximum atomic E-state index is 11.2. The van der Waals surface area contributed by atoms with E-state index in [1.54, 1.807) is 6.07 Å². The van der Waals surface area contributed by atoms with Crippen molar-refractivity contribution < 1.29 is 18.7 Å². The van der Waals surface area contributed by atoms with Gasteiger partial charge in [0, 0.05) is 13.2 Å². The van der Waals surface area contributed by atoms with E-state index in [0.29, 0.717) is 12.1 Å². The van der Waals surface area contributed by atoms with Gasteiger partial charge in [-0.1, -0.05) is 0 Å². The molecule has 1 saturated heterocycles. The number of rotatable bonds is 5. The molecule has 1 atom stereocenters. The van der Waals surface area contributed by atoms with Crippen molar-refractivity contribution in [2.24, 2.45) is 0 Å². The third-order valence-corrected chi connectivity index (χ3v) is 3.17. The highest BCUT2D eigenvalue weighted by Crippen LogP contribution is 2.24. The summed E-state index contributed by atoms with van der Waals surface area (Å²) < 4.78 is 15.6. The topological polar surface area (TPSA) is 60.7 Å². The number of hydrogen-bond acceptors (Lipinski definition) is 5. The van der Waals surface area contributed by atoms with E-state index in [4.69, 9.17) is 9.15 Å². The minimum Gasteiger partial charge on any atom is -0.467 e. The molecule has 1 aromatic rings. The van der Waals surface area contributed by atoms with Crippen LogP contribution in [0.3, 0.4) is 0 Å². The lowest BCUT2D eigenvalue weighted by Crippen LogP contribution is -2.36. The maximum absolute atomic E-state index is 11.2. The normalized spacial score (nSPS) is 23.2. The molecule has 2 heterocycles. The van der Waals surface area contributed by atoms with Crippen LogP contribution < -0.4 is 5.32 Å². The van der Waals surface area contributed by atoms with Crippen molar-refractivity contribution in [2.75, 3.05) is 20.3 Å². The lowest BCUT2D eigenvalue weighted by Gasteiger charge is -2.23. The summed E-state index contributed by atoms with van der Waals surface area (Å²) in [6.45, 7) is 4.30. The van der Waals surface area contributed by atoms with Crippen molar-refractivity contribution in [2.45, 2.75) is 31.9 Å². The predicted molar refractivity (Wildman–Crippen MR) is 65.3 cm³/mol. The molecule has 18 heavy (non-hydrogen) atoms. The van der Waals surface area contributed by atoms with E-state index in [0.717, 1.165) is 31.8 Å². The second kappa shape index (κ2) is 5.54. The highest BCUT2D eigenvalue weighted by atomic mass is 16.5. The molecule has 1 fully saturated rings. The summed E-state index contributed by atoms with van der Waals surface area (Å²) in [5.41, 5.74) is 0.371. The molecule has 0 radical (unpaired) electrons. The lowest BCUT2D eigenvalue weighted by molar-refractivity contribution is 0.0204. The fraction of sp³-hybridized carbons (Fsp3) is 0.615. The summed E-state index contributed by atoms with van der Waals surface area (Å²) in [6.07, 6.45) is 3.60. The zero-order valence-corrected chi connectivity index (χ0v) is 10.8. The van der Waals surface area contributed by atoms with Gasteiger partial charge in [0.15, 0.2) is 0 Å². The van der Waals surface area contributed by atoms with Crippen LogP contribution >= 0.6 is 0 Å². The van der Waals surface area contributed by atoms with Crippen molar-refractivity contribution in [3.63, 3.8) is 0 Å². The quantitative estimate of drug-likeness (QED) is 0.810. The highest BCUT2D eigenvalue weighted by molar-refractivity contribution is 5.88. The number of hydrogen-bond donors (Lipinski definition) is 1. The van der Waals surface area contributed by atoms with Crippen molar-refractivity contribution in [3.8, 4) is 0 Å². The van der Waals surface area contributed by atoms with Crippen LogP contribution in [0.25, 0.3) is 0 Å². The molecule has 1 unspecified atom stereocenters. The summed E-state index contributed by atoms with van der Waals surface area (Å²) >= 11 is 0. The van der Waals surface area contributed by atoms with Gasteiger partial charge in [-0.25, -0.2) is 4.79 Å². The van der Waals surface area contributed by atoms with Crippen LogP contribution in [0.1, 0.15) is 35.9 Å². The van der Waals surface area contributed by atoms with Crippen molar-refractivity contribution in [1.29, 1.82) is 0 Å². The van der Waals surface area contributed by atoms with Gasteiger partial charge in [0.05, 0.1) is 24.8 Å². The SMILES string of the molecule is COC(=O)c1coc(CNCC2(C)CCCO2)c1. The van der Waals surface area contributed by atoms with E-state index in [2.05, 4.69) is 17.0 Å². The number of ether oxygens (including phenoxy) is 2. The predicted octanol–water partition coefficient (Wildman–Crippen LogP) is 1.72. The van der Waals surface area contributed by atoms with E-state index in [-0.39, 0.29) is 11.6 Å². The first-order chi connectivity index (χ1) is 8.63. The largest absolute Gasteiger partial charge is 0.467 e. The zero-order chi connectivity index (χ0) is 13.0.